The van der Waals surface area contributed by atoms with Gasteiger partial charge in [0.2, 0.25) is 0 Å². The monoisotopic (exact) mass is 321 g/mol. The van der Waals surface area contributed by atoms with Crippen LogP contribution in [0.25, 0.3) is 0 Å². The Morgan fingerprint density at radius 3 is 2.52 bits per heavy atom. The number of quaternary nitrogens is 1. The molecular weight excluding hydrogens is 302 g/mol. The van der Waals surface area contributed by atoms with Crippen LogP contribution >= 0.6 is 0 Å². The predicted octanol–water partition coefficient (Wildman–Crippen LogP) is 2.24. The Labute approximate surface area is 133 Å². The van der Waals surface area contributed by atoms with E-state index < -0.39 is 11.6 Å². The Morgan fingerprint density at radius 2 is 1.91 bits per heavy atom. The first-order valence-electron chi connectivity index (χ1n) is 7.22. The normalized spacial score (nSPS) is 11.8. The molecule has 0 fully saturated rings. The molecule has 0 saturated heterocycles. The fraction of sp³-hybridized carbons (Fsp3) is 0.235. The van der Waals surface area contributed by atoms with Crippen molar-refractivity contribution in [3.05, 3.63) is 59.7 Å². The molecule has 3 N–H and O–H groups in total. The summed E-state index contributed by atoms with van der Waals surface area (Å²) < 4.78 is 31.6. The van der Waals surface area contributed by atoms with Crippen LogP contribution in [0.2, 0.25) is 0 Å². The number of carbonyl (C=O) groups excluding carboxylic acids is 1. The molecule has 0 aliphatic rings. The second-order valence-electron chi connectivity index (χ2n) is 5.17. The van der Waals surface area contributed by atoms with Gasteiger partial charge in [-0.25, -0.2) is 8.78 Å². The second kappa shape index (κ2) is 7.69. The van der Waals surface area contributed by atoms with Crippen LogP contribution in [-0.4, -0.2) is 19.6 Å². The van der Waals surface area contributed by atoms with Crippen LogP contribution < -0.4 is 15.4 Å². The number of ether oxygens (including phenoxy) is 1. The number of nitrogens with two attached hydrogens (primary N) is 1. The van der Waals surface area contributed by atoms with Gasteiger partial charge in [-0.2, -0.15) is 0 Å². The molecule has 122 valence electrons. The molecule has 6 heteroatoms. The molecule has 2 rings (SSSR count). The smallest absolute Gasteiger partial charge is 0.279 e. The summed E-state index contributed by atoms with van der Waals surface area (Å²) in [5, 5.41) is 4.43. The minimum Gasteiger partial charge on any atom is -0.497 e. The van der Waals surface area contributed by atoms with Crippen LogP contribution in [0.4, 0.5) is 14.5 Å². The largest absolute Gasteiger partial charge is 0.497 e. The Morgan fingerprint density at radius 1 is 1.22 bits per heavy atom. The molecule has 2 aromatic rings. The molecule has 1 atom stereocenters. The van der Waals surface area contributed by atoms with Gasteiger partial charge in [0.1, 0.15) is 23.4 Å². The molecule has 0 aromatic heterocycles. The van der Waals surface area contributed by atoms with Crippen molar-refractivity contribution in [2.24, 2.45) is 0 Å². The first kappa shape index (κ1) is 16.9. The highest BCUT2D eigenvalue weighted by Crippen LogP contribution is 2.15. The Balaban J connectivity index is 1.87. The summed E-state index contributed by atoms with van der Waals surface area (Å²) >= 11 is 0. The molecule has 0 aliphatic heterocycles. The number of methoxy groups -OCH3 is 1. The van der Waals surface area contributed by atoms with E-state index >= 15 is 0 Å². The van der Waals surface area contributed by atoms with Crippen LogP contribution in [0, 0.1) is 11.6 Å². The fourth-order valence-electron chi connectivity index (χ4n) is 2.17. The van der Waals surface area contributed by atoms with E-state index in [4.69, 9.17) is 4.74 Å². The first-order valence-corrected chi connectivity index (χ1v) is 7.22. The number of rotatable bonds is 6. The van der Waals surface area contributed by atoms with Crippen molar-refractivity contribution in [1.29, 1.82) is 0 Å². The van der Waals surface area contributed by atoms with Gasteiger partial charge in [-0.3, -0.25) is 4.79 Å². The average molecular weight is 321 g/mol. The summed E-state index contributed by atoms with van der Waals surface area (Å²) in [6.45, 7) is 1.89. The SMILES string of the molecule is COc1ccc(NC(=O)C[NH2+][C@H](C)c2ccc(F)cc2F)cc1. The molecule has 0 radical (unpaired) electrons. The third kappa shape index (κ3) is 4.75. The summed E-state index contributed by atoms with van der Waals surface area (Å²) in [7, 11) is 1.57. The molecule has 0 unspecified atom stereocenters. The lowest BCUT2D eigenvalue weighted by Gasteiger charge is -2.12. The molecule has 0 aliphatic carbocycles. The number of amides is 1. The number of halogens is 2. The molecule has 1 amide bonds. The minimum absolute atomic E-state index is 0.129. The maximum Gasteiger partial charge on any atom is 0.279 e. The van der Waals surface area contributed by atoms with E-state index in [9.17, 15) is 13.6 Å². The van der Waals surface area contributed by atoms with Crippen LogP contribution in [0.15, 0.2) is 42.5 Å². The van der Waals surface area contributed by atoms with Crippen molar-refractivity contribution in [2.75, 3.05) is 19.0 Å². The third-order valence-corrected chi connectivity index (χ3v) is 3.48. The Hall–Kier alpha value is -2.47. The summed E-state index contributed by atoms with van der Waals surface area (Å²) in [5.41, 5.74) is 1.02. The molecule has 0 saturated carbocycles. The van der Waals surface area contributed by atoms with E-state index in [-0.39, 0.29) is 18.5 Å². The van der Waals surface area contributed by atoms with Crippen LogP contribution in [-0.2, 0) is 4.79 Å². The first-order chi connectivity index (χ1) is 11.0. The fourth-order valence-corrected chi connectivity index (χ4v) is 2.17. The van der Waals surface area contributed by atoms with Gasteiger partial charge in [-0.05, 0) is 43.3 Å². The zero-order chi connectivity index (χ0) is 16.8. The molecule has 4 nitrogen and oxygen atoms in total. The number of carbonyl (C=O) groups is 1. The van der Waals surface area contributed by atoms with Gasteiger partial charge in [0.25, 0.3) is 5.91 Å². The van der Waals surface area contributed by atoms with Gasteiger partial charge in [0.15, 0.2) is 6.54 Å². The van der Waals surface area contributed by atoms with Gasteiger partial charge in [0.05, 0.1) is 7.11 Å². The number of benzene rings is 2. The Kier molecular flexibility index (Phi) is 5.65. The summed E-state index contributed by atoms with van der Waals surface area (Å²) in [6, 6.07) is 10.1. The molecule has 23 heavy (non-hydrogen) atoms. The van der Waals surface area contributed by atoms with Crippen molar-refractivity contribution >= 4 is 11.6 Å². The Bertz CT molecular complexity index is 675. The van der Waals surface area contributed by atoms with Crippen LogP contribution in [0.1, 0.15) is 18.5 Å². The maximum atomic E-state index is 13.7. The predicted molar refractivity (Wildman–Crippen MR) is 83.2 cm³/mol. The van der Waals surface area contributed by atoms with Crippen molar-refractivity contribution < 1.29 is 23.6 Å². The quantitative estimate of drug-likeness (QED) is 0.857. The van der Waals surface area contributed by atoms with Gasteiger partial charge >= 0.3 is 0 Å². The van der Waals surface area contributed by atoms with E-state index in [1.807, 2.05) is 0 Å². The van der Waals surface area contributed by atoms with Crippen molar-refractivity contribution in [2.45, 2.75) is 13.0 Å². The number of nitrogens with one attached hydrogen (secondary N) is 1. The zero-order valence-corrected chi connectivity index (χ0v) is 13.0. The van der Waals surface area contributed by atoms with Gasteiger partial charge in [-0.1, -0.05) is 0 Å². The van der Waals surface area contributed by atoms with Crippen LogP contribution in [0.5, 0.6) is 5.75 Å². The number of hydrogen-bond acceptors (Lipinski definition) is 2. The summed E-state index contributed by atoms with van der Waals surface area (Å²) in [5.74, 6) is -0.723. The lowest BCUT2D eigenvalue weighted by Crippen LogP contribution is -2.86. The van der Waals surface area contributed by atoms with Crippen molar-refractivity contribution in [3.8, 4) is 5.75 Å². The van der Waals surface area contributed by atoms with Gasteiger partial charge in [-0.15, -0.1) is 0 Å². The van der Waals surface area contributed by atoms with Crippen molar-refractivity contribution in [3.63, 3.8) is 0 Å². The minimum atomic E-state index is -0.615. The van der Waals surface area contributed by atoms with E-state index in [1.165, 1.54) is 12.1 Å². The molecule has 0 spiro atoms. The van der Waals surface area contributed by atoms with Gasteiger partial charge in [0, 0.05) is 17.3 Å². The highest BCUT2D eigenvalue weighted by molar-refractivity contribution is 5.91. The summed E-state index contributed by atoms with van der Waals surface area (Å²) in [4.78, 5) is 11.9. The standard InChI is InChI=1S/C17H18F2N2O2/c1-11(15-8-3-12(18)9-16(15)19)20-10-17(22)21-13-4-6-14(23-2)7-5-13/h3-9,11,20H,10H2,1-2H3,(H,21,22)/p+1/t11-/m1/s1. The number of hydrogen-bond donors (Lipinski definition) is 2. The molecule has 0 bridgehead atoms. The number of anilines is 1. The van der Waals surface area contributed by atoms with E-state index in [0.717, 1.165) is 6.07 Å². The topological polar surface area (TPSA) is 54.9 Å². The second-order valence-corrected chi connectivity index (χ2v) is 5.17. The molecule has 2 aromatic carbocycles. The van der Waals surface area contributed by atoms with Crippen molar-refractivity contribution in [1.82, 2.24) is 0 Å². The third-order valence-electron chi connectivity index (χ3n) is 3.48. The van der Waals surface area contributed by atoms with E-state index in [2.05, 4.69) is 5.32 Å². The maximum absolute atomic E-state index is 13.7. The molecule has 0 heterocycles. The molecular formula is C17H19F2N2O2+. The zero-order valence-electron chi connectivity index (χ0n) is 13.0. The van der Waals surface area contributed by atoms with Gasteiger partial charge < -0.3 is 15.4 Å². The highest BCUT2D eigenvalue weighted by Gasteiger charge is 2.16. The summed E-state index contributed by atoms with van der Waals surface area (Å²) in [6.07, 6.45) is 0. The lowest BCUT2D eigenvalue weighted by atomic mass is 10.1. The average Bonchev–Trinajstić information content (AvgIpc) is 2.53. The van der Waals surface area contributed by atoms with E-state index in [1.54, 1.807) is 43.6 Å². The highest BCUT2D eigenvalue weighted by atomic mass is 19.1. The van der Waals surface area contributed by atoms with Crippen LogP contribution in [0.3, 0.4) is 0 Å². The van der Waals surface area contributed by atoms with E-state index in [0.29, 0.717) is 17.0 Å². The lowest BCUT2D eigenvalue weighted by molar-refractivity contribution is -0.682.